The molecule has 0 saturated carbocycles. The largest absolute Gasteiger partial charge is 0.423 e. The summed E-state index contributed by atoms with van der Waals surface area (Å²) in [5.41, 5.74) is 4.48. The molecule has 2 aromatic heterocycles. The van der Waals surface area contributed by atoms with Gasteiger partial charge in [0.05, 0.1) is 5.56 Å². The molecule has 0 aliphatic heterocycles. The van der Waals surface area contributed by atoms with Gasteiger partial charge in [0.2, 0.25) is 0 Å². The van der Waals surface area contributed by atoms with Gasteiger partial charge in [-0.3, -0.25) is 0 Å². The van der Waals surface area contributed by atoms with Gasteiger partial charge in [-0.15, -0.1) is 0 Å². The molecule has 6 nitrogen and oxygen atoms in total. The Bertz CT molecular complexity index is 1250. The summed E-state index contributed by atoms with van der Waals surface area (Å²) in [5.74, 6) is 1.35. The summed E-state index contributed by atoms with van der Waals surface area (Å²) in [4.78, 5) is 30.5. The van der Waals surface area contributed by atoms with Gasteiger partial charge in [0, 0.05) is 35.9 Å². The van der Waals surface area contributed by atoms with Gasteiger partial charge in [0.25, 0.3) is 0 Å². The van der Waals surface area contributed by atoms with E-state index >= 15 is 0 Å². The van der Waals surface area contributed by atoms with Gasteiger partial charge >= 0.3 is 5.97 Å². The maximum atomic E-state index is 12.6. The number of nitrogens with zero attached hydrogens (tertiary/aromatic N) is 4. The first-order valence-electron chi connectivity index (χ1n) is 13.2. The van der Waals surface area contributed by atoms with Crippen LogP contribution in [0.4, 0.5) is 0 Å². The Morgan fingerprint density at radius 3 is 1.68 bits per heavy atom. The zero-order valence-corrected chi connectivity index (χ0v) is 21.7. The minimum absolute atomic E-state index is 0.418. The third-order valence-electron chi connectivity index (χ3n) is 6.22. The van der Waals surface area contributed by atoms with Gasteiger partial charge in [-0.1, -0.05) is 58.1 Å². The van der Waals surface area contributed by atoms with Crippen molar-refractivity contribution in [1.29, 1.82) is 0 Å². The average molecular weight is 495 g/mol. The number of ether oxygens (including phenoxy) is 1. The Morgan fingerprint density at radius 2 is 1.14 bits per heavy atom. The van der Waals surface area contributed by atoms with Crippen molar-refractivity contribution in [3.05, 3.63) is 90.0 Å². The topological polar surface area (TPSA) is 77.9 Å². The molecule has 2 aromatic carbocycles. The maximum Gasteiger partial charge on any atom is 0.343 e. The lowest BCUT2D eigenvalue weighted by Crippen LogP contribution is -2.08. The van der Waals surface area contributed by atoms with E-state index in [-0.39, 0.29) is 0 Å². The molecule has 0 unspecified atom stereocenters. The molecule has 0 aliphatic carbocycles. The van der Waals surface area contributed by atoms with Crippen LogP contribution < -0.4 is 4.74 Å². The van der Waals surface area contributed by atoms with Gasteiger partial charge in [0.15, 0.2) is 11.6 Å². The Morgan fingerprint density at radius 1 is 0.622 bits per heavy atom. The van der Waals surface area contributed by atoms with Crippen molar-refractivity contribution in [3.63, 3.8) is 0 Å². The van der Waals surface area contributed by atoms with Crippen molar-refractivity contribution in [2.45, 2.75) is 65.2 Å². The van der Waals surface area contributed by atoms with Crippen LogP contribution in [-0.2, 0) is 12.8 Å². The Labute approximate surface area is 219 Å². The lowest BCUT2D eigenvalue weighted by atomic mass is 10.1. The molecule has 0 amide bonds. The van der Waals surface area contributed by atoms with E-state index in [0.29, 0.717) is 23.0 Å². The van der Waals surface area contributed by atoms with Crippen LogP contribution in [0.5, 0.6) is 5.75 Å². The summed E-state index contributed by atoms with van der Waals surface area (Å²) in [6.45, 7) is 4.36. The summed E-state index contributed by atoms with van der Waals surface area (Å²) in [5, 5.41) is 0. The second-order valence-corrected chi connectivity index (χ2v) is 9.24. The molecule has 0 spiro atoms. The Balaban J connectivity index is 1.31. The van der Waals surface area contributed by atoms with Crippen LogP contribution in [0.3, 0.4) is 0 Å². The van der Waals surface area contributed by atoms with Crippen LogP contribution >= 0.6 is 0 Å². The van der Waals surface area contributed by atoms with E-state index in [1.165, 1.54) is 32.1 Å². The number of rotatable bonds is 12. The molecule has 0 atom stereocenters. The van der Waals surface area contributed by atoms with Crippen LogP contribution in [0, 0.1) is 0 Å². The lowest BCUT2D eigenvalue weighted by Gasteiger charge is -2.07. The Hall–Kier alpha value is -3.93. The highest BCUT2D eigenvalue weighted by atomic mass is 16.5. The predicted octanol–water partition coefficient (Wildman–Crippen LogP) is 7.29. The molecule has 0 saturated heterocycles. The predicted molar refractivity (Wildman–Crippen MR) is 146 cm³/mol. The van der Waals surface area contributed by atoms with Crippen molar-refractivity contribution in [3.8, 4) is 28.5 Å². The first-order valence-corrected chi connectivity index (χ1v) is 13.2. The molecule has 0 bridgehead atoms. The normalized spacial score (nSPS) is 10.9. The quantitative estimate of drug-likeness (QED) is 0.117. The molecule has 0 N–H and O–H groups in total. The summed E-state index contributed by atoms with van der Waals surface area (Å²) in [6.07, 6.45) is 16.8. The van der Waals surface area contributed by atoms with E-state index in [0.717, 1.165) is 41.5 Å². The summed E-state index contributed by atoms with van der Waals surface area (Å²) in [6, 6.07) is 14.4. The van der Waals surface area contributed by atoms with Crippen LogP contribution in [0.2, 0.25) is 0 Å². The van der Waals surface area contributed by atoms with Gasteiger partial charge in [-0.05, 0) is 66.8 Å². The van der Waals surface area contributed by atoms with E-state index < -0.39 is 5.97 Å². The minimum Gasteiger partial charge on any atom is -0.423 e. The first kappa shape index (κ1) is 26.1. The number of benzene rings is 2. The van der Waals surface area contributed by atoms with Gasteiger partial charge in [-0.2, -0.15) is 0 Å². The highest BCUT2D eigenvalue weighted by molar-refractivity contribution is 5.91. The highest BCUT2D eigenvalue weighted by Gasteiger charge is 2.11. The third kappa shape index (κ3) is 7.53. The second-order valence-electron chi connectivity index (χ2n) is 9.24. The van der Waals surface area contributed by atoms with E-state index in [1.54, 1.807) is 24.3 Å². The monoisotopic (exact) mass is 494 g/mol. The van der Waals surface area contributed by atoms with Crippen molar-refractivity contribution in [2.24, 2.45) is 0 Å². The van der Waals surface area contributed by atoms with Gasteiger partial charge in [0.1, 0.15) is 5.75 Å². The smallest absolute Gasteiger partial charge is 0.343 e. The number of carbonyl (C=O) groups excluding carboxylic acids is 1. The molecule has 4 rings (SSSR count). The van der Waals surface area contributed by atoms with E-state index in [4.69, 9.17) is 4.74 Å². The van der Waals surface area contributed by atoms with Crippen LogP contribution in [0.1, 0.15) is 73.9 Å². The highest BCUT2D eigenvalue weighted by Crippen LogP contribution is 2.21. The first-order chi connectivity index (χ1) is 18.2. The van der Waals surface area contributed by atoms with Crippen molar-refractivity contribution < 1.29 is 9.53 Å². The van der Waals surface area contributed by atoms with E-state index in [1.807, 2.05) is 49.1 Å². The molecule has 0 radical (unpaired) electrons. The van der Waals surface area contributed by atoms with Crippen LogP contribution in [-0.4, -0.2) is 25.9 Å². The molecule has 0 fully saturated rings. The number of unbranched alkanes of at least 4 members (excludes halogenated alkanes) is 4. The van der Waals surface area contributed by atoms with E-state index in [9.17, 15) is 4.79 Å². The molecule has 4 aromatic rings. The number of esters is 1. The maximum absolute atomic E-state index is 12.6. The second kappa shape index (κ2) is 13.4. The molecule has 190 valence electrons. The molecular weight excluding hydrogens is 460 g/mol. The summed E-state index contributed by atoms with van der Waals surface area (Å²) < 4.78 is 5.56. The zero-order chi connectivity index (χ0) is 25.9. The lowest BCUT2D eigenvalue weighted by molar-refractivity contribution is 0.0735. The Kier molecular flexibility index (Phi) is 9.47. The fraction of sp³-hybridized carbons (Fsp3) is 0.323. The van der Waals surface area contributed by atoms with Crippen LogP contribution in [0.25, 0.3) is 22.8 Å². The van der Waals surface area contributed by atoms with Crippen LogP contribution in [0.15, 0.2) is 73.3 Å². The fourth-order valence-corrected chi connectivity index (χ4v) is 4.08. The molecule has 0 aliphatic rings. The number of carbonyl (C=O) groups is 1. The van der Waals surface area contributed by atoms with E-state index in [2.05, 4.69) is 33.8 Å². The molecule has 6 heteroatoms. The summed E-state index contributed by atoms with van der Waals surface area (Å²) in [7, 11) is 0. The fourth-order valence-electron chi connectivity index (χ4n) is 4.08. The van der Waals surface area contributed by atoms with Gasteiger partial charge in [-0.25, -0.2) is 24.7 Å². The summed E-state index contributed by atoms with van der Waals surface area (Å²) >= 11 is 0. The van der Waals surface area contributed by atoms with Crippen molar-refractivity contribution in [2.75, 3.05) is 0 Å². The number of aromatic nitrogens is 4. The third-order valence-corrected chi connectivity index (χ3v) is 6.22. The number of hydrogen-bond acceptors (Lipinski definition) is 6. The molecular formula is C31H34N4O2. The molecule has 37 heavy (non-hydrogen) atoms. The van der Waals surface area contributed by atoms with Crippen molar-refractivity contribution >= 4 is 5.97 Å². The SMILES string of the molecule is CCCCCCCc1cnc(-c2ccc(OC(=O)c3ccc(-c4ncc(CCC)cn4)cc3)cc2)nc1. The van der Waals surface area contributed by atoms with Crippen molar-refractivity contribution in [1.82, 2.24) is 19.9 Å². The molecule has 2 heterocycles. The standard InChI is InChI=1S/C31H34N4O2/c1-3-5-6-7-8-10-24-21-34-30(35-22-24)26-15-17-28(18-16-26)37-31(36)27-13-11-25(12-14-27)29-32-19-23(9-4-2)20-33-29/h11-22H,3-10H2,1-2H3. The number of aryl methyl sites for hydroxylation is 2. The minimum atomic E-state index is -0.418. The van der Waals surface area contributed by atoms with Gasteiger partial charge < -0.3 is 4.74 Å². The average Bonchev–Trinajstić information content (AvgIpc) is 2.94. The zero-order valence-electron chi connectivity index (χ0n) is 21.7. The number of hydrogen-bond donors (Lipinski definition) is 0.